The van der Waals surface area contributed by atoms with Gasteiger partial charge in [-0.05, 0) is 37.1 Å². The van der Waals surface area contributed by atoms with Gasteiger partial charge in [-0.15, -0.1) is 0 Å². The van der Waals surface area contributed by atoms with E-state index in [1.54, 1.807) is 26.0 Å². The lowest BCUT2D eigenvalue weighted by molar-refractivity contribution is -0.115. The predicted molar refractivity (Wildman–Crippen MR) is 72.1 cm³/mol. The molecule has 1 aromatic carbocycles. The summed E-state index contributed by atoms with van der Waals surface area (Å²) in [7, 11) is 0. The fourth-order valence-electron chi connectivity index (χ4n) is 1.33. The van der Waals surface area contributed by atoms with Crippen molar-refractivity contribution < 1.29 is 9.59 Å². The van der Waals surface area contributed by atoms with Gasteiger partial charge in [0.15, 0.2) is 0 Å². The molecular formula is C14H16N2O2. The maximum absolute atomic E-state index is 10.9. The van der Waals surface area contributed by atoms with Crippen molar-refractivity contribution in [2.75, 3.05) is 0 Å². The molecule has 0 unspecified atom stereocenters. The van der Waals surface area contributed by atoms with Crippen LogP contribution in [-0.4, -0.2) is 11.8 Å². The van der Waals surface area contributed by atoms with Crippen LogP contribution in [0.15, 0.2) is 35.4 Å². The van der Waals surface area contributed by atoms with Gasteiger partial charge in [-0.2, -0.15) is 0 Å². The number of hydrogen-bond acceptors (Lipinski definition) is 2. The Hall–Kier alpha value is -2.36. The first-order valence-corrected chi connectivity index (χ1v) is 5.46. The van der Waals surface area contributed by atoms with Gasteiger partial charge in [0, 0.05) is 11.1 Å². The van der Waals surface area contributed by atoms with E-state index in [0.717, 1.165) is 11.1 Å². The molecule has 0 spiro atoms. The van der Waals surface area contributed by atoms with Crippen LogP contribution in [0, 0.1) is 0 Å². The lowest BCUT2D eigenvalue weighted by Crippen LogP contribution is -2.11. The van der Waals surface area contributed by atoms with E-state index in [0.29, 0.717) is 11.1 Å². The Morgan fingerprint density at radius 2 is 1.11 bits per heavy atom. The summed E-state index contributed by atoms with van der Waals surface area (Å²) < 4.78 is 0. The molecule has 0 radical (unpaired) electrons. The molecule has 1 rings (SSSR count). The van der Waals surface area contributed by atoms with Crippen LogP contribution in [0.3, 0.4) is 0 Å². The minimum absolute atomic E-state index is 0.441. The monoisotopic (exact) mass is 244 g/mol. The van der Waals surface area contributed by atoms with Gasteiger partial charge in [0.25, 0.3) is 0 Å². The molecule has 0 aliphatic heterocycles. The van der Waals surface area contributed by atoms with Crippen molar-refractivity contribution in [2.24, 2.45) is 11.5 Å². The Bertz CT molecular complexity index is 476. The third-order valence-corrected chi connectivity index (χ3v) is 2.48. The average molecular weight is 244 g/mol. The second-order valence-corrected chi connectivity index (χ2v) is 4.05. The number of hydrogen-bond donors (Lipinski definition) is 2. The van der Waals surface area contributed by atoms with Crippen molar-refractivity contribution in [3.05, 3.63) is 46.5 Å². The van der Waals surface area contributed by atoms with E-state index in [4.69, 9.17) is 11.5 Å². The van der Waals surface area contributed by atoms with Crippen LogP contribution in [0.2, 0.25) is 0 Å². The van der Waals surface area contributed by atoms with Crippen LogP contribution in [0.1, 0.15) is 25.0 Å². The summed E-state index contributed by atoms with van der Waals surface area (Å²) in [4.78, 5) is 21.8. The van der Waals surface area contributed by atoms with Crippen molar-refractivity contribution in [3.8, 4) is 0 Å². The minimum atomic E-state index is -0.441. The minimum Gasteiger partial charge on any atom is -0.366 e. The van der Waals surface area contributed by atoms with E-state index in [2.05, 4.69) is 0 Å². The molecule has 1 aromatic rings. The summed E-state index contributed by atoms with van der Waals surface area (Å²) in [5.74, 6) is -0.882. The highest BCUT2D eigenvalue weighted by Gasteiger charge is 1.99. The largest absolute Gasteiger partial charge is 0.366 e. The van der Waals surface area contributed by atoms with E-state index in [1.165, 1.54) is 0 Å². The van der Waals surface area contributed by atoms with Gasteiger partial charge < -0.3 is 11.5 Å². The lowest BCUT2D eigenvalue weighted by atomic mass is 10.1. The second-order valence-electron chi connectivity index (χ2n) is 4.05. The van der Waals surface area contributed by atoms with Crippen LogP contribution < -0.4 is 11.5 Å². The fourth-order valence-corrected chi connectivity index (χ4v) is 1.33. The Balaban J connectivity index is 2.94. The molecule has 0 fully saturated rings. The number of carbonyl (C=O) groups is 2. The quantitative estimate of drug-likeness (QED) is 0.786. The first kappa shape index (κ1) is 13.7. The van der Waals surface area contributed by atoms with E-state index >= 15 is 0 Å². The van der Waals surface area contributed by atoms with Gasteiger partial charge >= 0.3 is 0 Å². The van der Waals surface area contributed by atoms with Gasteiger partial charge in [0.05, 0.1) is 0 Å². The topological polar surface area (TPSA) is 86.2 Å². The Labute approximate surface area is 106 Å². The van der Waals surface area contributed by atoms with E-state index < -0.39 is 11.8 Å². The lowest BCUT2D eigenvalue weighted by Gasteiger charge is -1.99. The van der Waals surface area contributed by atoms with Crippen LogP contribution in [0.25, 0.3) is 12.2 Å². The smallest absolute Gasteiger partial charge is 0.244 e. The van der Waals surface area contributed by atoms with Crippen molar-refractivity contribution in [3.63, 3.8) is 0 Å². The molecule has 0 aliphatic carbocycles. The number of rotatable bonds is 4. The summed E-state index contributed by atoms with van der Waals surface area (Å²) in [5, 5.41) is 0. The zero-order valence-corrected chi connectivity index (χ0v) is 10.4. The fraction of sp³-hybridized carbons (Fsp3) is 0.143. The van der Waals surface area contributed by atoms with Gasteiger partial charge in [-0.1, -0.05) is 24.3 Å². The molecule has 94 valence electrons. The zero-order valence-electron chi connectivity index (χ0n) is 10.4. The van der Waals surface area contributed by atoms with Crippen LogP contribution in [0.4, 0.5) is 0 Å². The average Bonchev–Trinajstić information content (AvgIpc) is 2.31. The number of nitrogens with two attached hydrogens (primary N) is 2. The predicted octanol–water partition coefficient (Wildman–Crippen LogP) is 1.46. The third-order valence-electron chi connectivity index (χ3n) is 2.48. The Morgan fingerprint density at radius 3 is 1.33 bits per heavy atom. The van der Waals surface area contributed by atoms with Crippen LogP contribution in [0.5, 0.6) is 0 Å². The van der Waals surface area contributed by atoms with Crippen molar-refractivity contribution >= 4 is 24.0 Å². The molecule has 4 heteroatoms. The molecule has 18 heavy (non-hydrogen) atoms. The highest BCUT2D eigenvalue weighted by atomic mass is 16.1. The SMILES string of the molecule is CC(=Cc1ccc(C=C(C)C(N)=O)cc1)C(N)=O. The van der Waals surface area contributed by atoms with Crippen LogP contribution in [-0.2, 0) is 9.59 Å². The first-order valence-electron chi connectivity index (χ1n) is 5.46. The van der Waals surface area contributed by atoms with Crippen molar-refractivity contribution in [2.45, 2.75) is 13.8 Å². The Kier molecular flexibility index (Phi) is 4.43. The van der Waals surface area contributed by atoms with E-state index in [-0.39, 0.29) is 0 Å². The standard InChI is InChI=1S/C14H16N2O2/c1-9(13(15)17)7-11-3-5-12(6-4-11)8-10(2)14(16)18/h3-8H,1-2H3,(H2,15,17)(H2,16,18). The molecule has 4 N–H and O–H groups in total. The molecule has 0 atom stereocenters. The molecule has 2 amide bonds. The molecule has 0 aliphatic rings. The van der Waals surface area contributed by atoms with Crippen molar-refractivity contribution in [1.82, 2.24) is 0 Å². The maximum Gasteiger partial charge on any atom is 0.244 e. The van der Waals surface area contributed by atoms with Gasteiger partial charge in [0.1, 0.15) is 0 Å². The number of amides is 2. The van der Waals surface area contributed by atoms with Crippen LogP contribution >= 0.6 is 0 Å². The number of benzene rings is 1. The Morgan fingerprint density at radius 1 is 0.833 bits per heavy atom. The molecule has 0 heterocycles. The second kappa shape index (κ2) is 5.82. The van der Waals surface area contributed by atoms with Crippen molar-refractivity contribution in [1.29, 1.82) is 0 Å². The van der Waals surface area contributed by atoms with Gasteiger partial charge in [0.2, 0.25) is 11.8 Å². The zero-order chi connectivity index (χ0) is 13.7. The number of carbonyl (C=O) groups excluding carboxylic acids is 2. The third kappa shape index (κ3) is 3.90. The van der Waals surface area contributed by atoms with Gasteiger partial charge in [-0.3, -0.25) is 9.59 Å². The molecular weight excluding hydrogens is 228 g/mol. The molecule has 0 aromatic heterocycles. The molecule has 0 bridgehead atoms. The molecule has 4 nitrogen and oxygen atoms in total. The highest BCUT2D eigenvalue weighted by Crippen LogP contribution is 2.11. The summed E-state index contributed by atoms with van der Waals surface area (Å²) in [6.07, 6.45) is 3.41. The molecule has 0 saturated heterocycles. The van der Waals surface area contributed by atoms with Gasteiger partial charge in [-0.25, -0.2) is 0 Å². The summed E-state index contributed by atoms with van der Waals surface area (Å²) in [5.41, 5.74) is 13.0. The molecule has 0 saturated carbocycles. The summed E-state index contributed by atoms with van der Waals surface area (Å²) in [6.45, 7) is 3.32. The maximum atomic E-state index is 10.9. The summed E-state index contributed by atoms with van der Waals surface area (Å²) in [6, 6.07) is 7.36. The summed E-state index contributed by atoms with van der Waals surface area (Å²) >= 11 is 0. The van der Waals surface area contributed by atoms with E-state index in [1.807, 2.05) is 24.3 Å². The first-order chi connectivity index (χ1) is 8.40. The normalized spacial score (nSPS) is 12.3. The highest BCUT2D eigenvalue weighted by molar-refractivity contribution is 5.96. The number of primary amides is 2. The van der Waals surface area contributed by atoms with E-state index in [9.17, 15) is 9.59 Å².